The topological polar surface area (TPSA) is 64.7 Å². The highest BCUT2D eigenvalue weighted by Crippen LogP contribution is 2.10. The van der Waals surface area contributed by atoms with E-state index in [1.54, 1.807) is 0 Å². The Balaban J connectivity index is 2.61. The van der Waals surface area contributed by atoms with Gasteiger partial charge in [0.05, 0.1) is 0 Å². The molecule has 0 heterocycles. The number of oxime groups is 1. The molecule has 1 rings (SSSR count). The van der Waals surface area contributed by atoms with Crippen LogP contribution in [0.1, 0.15) is 25.3 Å². The van der Waals surface area contributed by atoms with Crippen LogP contribution in [0.5, 0.6) is 0 Å². The number of amidine groups is 1. The van der Waals surface area contributed by atoms with Crippen molar-refractivity contribution in [3.8, 4) is 0 Å². The highest BCUT2D eigenvalue weighted by molar-refractivity contribution is 9.10. The Morgan fingerprint density at radius 2 is 2.11 bits per heavy atom. The molecule has 0 fully saturated rings. The molecule has 0 aliphatic rings. The molecule has 0 bridgehead atoms. The summed E-state index contributed by atoms with van der Waals surface area (Å²) in [5, 5.41) is 3.52. The van der Waals surface area contributed by atoms with Crippen molar-refractivity contribution in [1.82, 2.24) is 0 Å². The molecule has 1 atom stereocenters. The summed E-state index contributed by atoms with van der Waals surface area (Å²) in [7, 11) is 0. The lowest BCUT2D eigenvalue weighted by Gasteiger charge is -2.05. The summed E-state index contributed by atoms with van der Waals surface area (Å²) in [6.07, 6.45) is 1.51. The van der Waals surface area contributed by atoms with Crippen LogP contribution in [0.15, 0.2) is 29.4 Å². The van der Waals surface area contributed by atoms with Crippen molar-refractivity contribution in [3.63, 3.8) is 0 Å². The Morgan fingerprint density at radius 1 is 1.50 bits per heavy atom. The Labute approximate surface area is 113 Å². The number of nitrogens with zero attached hydrogens (tertiary/aromatic N) is 1. The van der Waals surface area contributed by atoms with Gasteiger partial charge in [-0.3, -0.25) is 0 Å². The molecular weight excluding hydrogens is 303 g/mol. The second kappa shape index (κ2) is 7.10. The normalized spacial score (nSPS) is 13.2. The summed E-state index contributed by atoms with van der Waals surface area (Å²) in [5.74, 6) is -0.839. The zero-order chi connectivity index (χ0) is 13.5. The van der Waals surface area contributed by atoms with E-state index >= 15 is 0 Å². The van der Waals surface area contributed by atoms with E-state index in [0.717, 1.165) is 6.42 Å². The second-order valence-corrected chi connectivity index (χ2v) is 4.76. The van der Waals surface area contributed by atoms with Gasteiger partial charge in [-0.05, 0) is 30.7 Å². The fourth-order valence-corrected chi connectivity index (χ4v) is 1.74. The monoisotopic (exact) mass is 316 g/mol. The number of hydrogen-bond acceptors (Lipinski definition) is 3. The summed E-state index contributed by atoms with van der Waals surface area (Å²) >= 11 is 3.19. The third-order valence-corrected chi connectivity index (χ3v) is 3.00. The maximum Gasteiger partial charge on any atom is 0.348 e. The van der Waals surface area contributed by atoms with Crippen molar-refractivity contribution in [2.45, 2.75) is 24.6 Å². The number of alkyl halides is 1. The van der Waals surface area contributed by atoms with Crippen LogP contribution in [0.2, 0.25) is 0 Å². The molecule has 0 aliphatic heterocycles. The Kier molecular flexibility index (Phi) is 5.77. The lowest BCUT2D eigenvalue weighted by molar-refractivity contribution is -0.142. The molecule has 0 radical (unpaired) electrons. The van der Waals surface area contributed by atoms with Crippen LogP contribution >= 0.6 is 15.9 Å². The number of benzene rings is 1. The molecule has 6 heteroatoms. The smallest absolute Gasteiger partial charge is 0.348 e. The van der Waals surface area contributed by atoms with Gasteiger partial charge in [-0.1, -0.05) is 34.4 Å². The molecule has 1 aromatic carbocycles. The fourth-order valence-electron chi connectivity index (χ4n) is 1.20. The minimum Gasteiger partial charge on any atom is -0.380 e. The van der Waals surface area contributed by atoms with Gasteiger partial charge in [-0.2, -0.15) is 0 Å². The minimum atomic E-state index is -0.498. The van der Waals surface area contributed by atoms with Gasteiger partial charge in [0, 0.05) is 5.56 Å². The lowest BCUT2D eigenvalue weighted by Crippen LogP contribution is -2.19. The Hall–Kier alpha value is -1.43. The van der Waals surface area contributed by atoms with Crippen molar-refractivity contribution < 1.29 is 14.0 Å². The largest absolute Gasteiger partial charge is 0.380 e. The number of carbonyl (C=O) groups excluding carboxylic acids is 1. The molecule has 4 nitrogen and oxygen atoms in total. The van der Waals surface area contributed by atoms with E-state index in [-0.39, 0.29) is 11.7 Å². The van der Waals surface area contributed by atoms with Gasteiger partial charge in [0.25, 0.3) is 0 Å². The molecule has 0 aliphatic carbocycles. The molecular formula is C12H14BrFN2O2. The van der Waals surface area contributed by atoms with E-state index < -0.39 is 10.8 Å². The van der Waals surface area contributed by atoms with E-state index in [1.165, 1.54) is 24.3 Å². The van der Waals surface area contributed by atoms with Crippen molar-refractivity contribution in [2.75, 3.05) is 0 Å². The number of halogens is 2. The summed E-state index contributed by atoms with van der Waals surface area (Å²) in [4.78, 5) is 15.7. The summed E-state index contributed by atoms with van der Waals surface area (Å²) in [6, 6.07) is 5.42. The van der Waals surface area contributed by atoms with Crippen LogP contribution in [0, 0.1) is 5.82 Å². The first kappa shape index (κ1) is 14.6. The maximum atomic E-state index is 12.7. The zero-order valence-corrected chi connectivity index (χ0v) is 11.5. The quantitative estimate of drug-likeness (QED) is 0.298. The van der Waals surface area contributed by atoms with Gasteiger partial charge >= 0.3 is 5.97 Å². The molecule has 0 amide bonds. The van der Waals surface area contributed by atoms with Gasteiger partial charge in [0.15, 0.2) is 5.84 Å². The average Bonchev–Trinajstić information content (AvgIpc) is 2.36. The van der Waals surface area contributed by atoms with Gasteiger partial charge in [-0.25, -0.2) is 9.18 Å². The standard InChI is InChI=1S/C12H14BrFN2O2/c1-2-3-10(13)12(17)18-16-11(15)8-4-6-9(14)7-5-8/h4-7,10H,2-3H2,1H3,(H2,15,16). The number of rotatable bonds is 5. The van der Waals surface area contributed by atoms with Gasteiger partial charge in [0.2, 0.25) is 0 Å². The van der Waals surface area contributed by atoms with Crippen molar-refractivity contribution in [2.24, 2.45) is 10.9 Å². The van der Waals surface area contributed by atoms with Crippen LogP contribution in [-0.2, 0) is 9.63 Å². The summed E-state index contributed by atoms with van der Waals surface area (Å²) in [5.41, 5.74) is 6.09. The third kappa shape index (κ3) is 4.44. The van der Waals surface area contributed by atoms with Crippen LogP contribution in [-0.4, -0.2) is 16.6 Å². The van der Waals surface area contributed by atoms with Crippen molar-refractivity contribution >= 4 is 27.7 Å². The van der Waals surface area contributed by atoms with Crippen LogP contribution in [0.25, 0.3) is 0 Å². The molecule has 0 saturated carbocycles. The zero-order valence-electron chi connectivity index (χ0n) is 9.90. The molecule has 2 N–H and O–H groups in total. The predicted molar refractivity (Wildman–Crippen MR) is 70.8 cm³/mol. The van der Waals surface area contributed by atoms with E-state index in [9.17, 15) is 9.18 Å². The van der Waals surface area contributed by atoms with E-state index in [2.05, 4.69) is 25.9 Å². The molecule has 98 valence electrons. The first-order valence-corrected chi connectivity index (χ1v) is 6.40. The number of hydrogen-bond donors (Lipinski definition) is 1. The Bertz CT molecular complexity index is 434. The number of nitrogens with two attached hydrogens (primary N) is 1. The van der Waals surface area contributed by atoms with Gasteiger partial charge in [0.1, 0.15) is 10.6 Å². The molecule has 0 saturated heterocycles. The molecule has 1 aromatic rings. The first-order valence-electron chi connectivity index (χ1n) is 5.49. The fraction of sp³-hybridized carbons (Fsp3) is 0.333. The van der Waals surface area contributed by atoms with E-state index in [1.807, 2.05) is 6.92 Å². The number of carbonyl (C=O) groups is 1. The van der Waals surface area contributed by atoms with Crippen LogP contribution in [0.4, 0.5) is 4.39 Å². The average molecular weight is 317 g/mol. The van der Waals surface area contributed by atoms with Gasteiger partial charge in [-0.15, -0.1) is 0 Å². The predicted octanol–water partition coefficient (Wildman–Crippen LogP) is 2.55. The van der Waals surface area contributed by atoms with E-state index in [4.69, 9.17) is 5.73 Å². The summed E-state index contributed by atoms with van der Waals surface area (Å²) in [6.45, 7) is 1.96. The minimum absolute atomic E-state index is 0.0274. The summed E-state index contributed by atoms with van der Waals surface area (Å²) < 4.78 is 12.7. The highest BCUT2D eigenvalue weighted by Gasteiger charge is 2.15. The van der Waals surface area contributed by atoms with Crippen LogP contribution in [0.3, 0.4) is 0 Å². The molecule has 18 heavy (non-hydrogen) atoms. The highest BCUT2D eigenvalue weighted by atomic mass is 79.9. The molecule has 0 aromatic heterocycles. The molecule has 1 unspecified atom stereocenters. The maximum absolute atomic E-state index is 12.7. The third-order valence-electron chi connectivity index (χ3n) is 2.17. The first-order chi connectivity index (χ1) is 8.54. The Morgan fingerprint density at radius 3 is 2.67 bits per heavy atom. The van der Waals surface area contributed by atoms with Crippen LogP contribution < -0.4 is 5.73 Å². The van der Waals surface area contributed by atoms with E-state index in [0.29, 0.717) is 12.0 Å². The van der Waals surface area contributed by atoms with Crippen molar-refractivity contribution in [1.29, 1.82) is 0 Å². The SMILES string of the molecule is CCCC(Br)C(=O)O/N=C(\N)c1ccc(F)cc1. The van der Waals surface area contributed by atoms with Crippen molar-refractivity contribution in [3.05, 3.63) is 35.6 Å². The molecule has 0 spiro atoms. The second-order valence-electron chi connectivity index (χ2n) is 3.65. The van der Waals surface area contributed by atoms with Gasteiger partial charge < -0.3 is 10.6 Å². The lowest BCUT2D eigenvalue weighted by atomic mass is 10.2.